The largest absolute Gasteiger partial charge is 0.475 e. The number of oxazole rings is 1. The van der Waals surface area contributed by atoms with Gasteiger partial charge in [0.15, 0.2) is 0 Å². The molecule has 2 rings (SSSR count). The highest BCUT2D eigenvalue weighted by Crippen LogP contribution is 2.31. The maximum absolute atomic E-state index is 13.7. The van der Waals surface area contributed by atoms with E-state index in [1.54, 1.807) is 6.92 Å². The fourth-order valence-corrected chi connectivity index (χ4v) is 1.81. The molecule has 4 nitrogen and oxygen atoms in total. The van der Waals surface area contributed by atoms with Gasteiger partial charge in [-0.3, -0.25) is 0 Å². The molecule has 1 aromatic carbocycles. The third kappa shape index (κ3) is 2.09. The molecule has 0 spiro atoms. The number of benzene rings is 1. The summed E-state index contributed by atoms with van der Waals surface area (Å²) in [5.74, 6) is -2.25. The number of nitrogens with zero attached hydrogens (tertiary/aromatic N) is 1. The van der Waals surface area contributed by atoms with Crippen LogP contribution in [0.25, 0.3) is 11.5 Å². The monoisotopic (exact) mass is 269 g/mol. The molecule has 1 heterocycles. The Labute approximate surface area is 107 Å². The minimum Gasteiger partial charge on any atom is -0.475 e. The Kier molecular flexibility index (Phi) is 3.34. The average molecular weight is 270 g/mol. The molecule has 0 radical (unpaired) electrons. The van der Waals surface area contributed by atoms with E-state index in [4.69, 9.17) is 21.1 Å². The van der Waals surface area contributed by atoms with Gasteiger partial charge in [0.2, 0.25) is 11.7 Å². The number of aromatic carboxylic acids is 1. The van der Waals surface area contributed by atoms with Gasteiger partial charge in [-0.2, -0.15) is 0 Å². The number of carboxylic acid groups (broad SMARTS) is 1. The van der Waals surface area contributed by atoms with Crippen LogP contribution in [0.3, 0.4) is 0 Å². The van der Waals surface area contributed by atoms with E-state index < -0.39 is 11.8 Å². The van der Waals surface area contributed by atoms with Crippen LogP contribution in [0.5, 0.6) is 0 Å². The molecule has 0 aliphatic heterocycles. The molecule has 1 N–H and O–H groups in total. The lowest BCUT2D eigenvalue weighted by Gasteiger charge is -2.00. The summed E-state index contributed by atoms with van der Waals surface area (Å²) < 4.78 is 18.7. The summed E-state index contributed by atoms with van der Waals surface area (Å²) in [5.41, 5.74) is 0.234. The zero-order chi connectivity index (χ0) is 13.3. The molecular formula is C12H9ClFNO3. The second-order valence-electron chi connectivity index (χ2n) is 3.55. The van der Waals surface area contributed by atoms with Gasteiger partial charge >= 0.3 is 5.97 Å². The van der Waals surface area contributed by atoms with E-state index in [2.05, 4.69) is 4.98 Å². The number of hydrogen-bond acceptors (Lipinski definition) is 3. The van der Waals surface area contributed by atoms with Crippen molar-refractivity contribution < 1.29 is 18.7 Å². The van der Waals surface area contributed by atoms with Gasteiger partial charge in [-0.25, -0.2) is 14.2 Å². The Bertz CT molecular complexity index is 589. The first-order chi connectivity index (χ1) is 8.54. The van der Waals surface area contributed by atoms with Gasteiger partial charge in [-0.1, -0.05) is 24.6 Å². The molecule has 0 saturated heterocycles. The topological polar surface area (TPSA) is 63.3 Å². The van der Waals surface area contributed by atoms with Crippen LogP contribution in [0.1, 0.15) is 23.2 Å². The summed E-state index contributed by atoms with van der Waals surface area (Å²) in [4.78, 5) is 14.9. The Hall–Kier alpha value is -1.88. The second kappa shape index (κ2) is 4.78. The van der Waals surface area contributed by atoms with Crippen molar-refractivity contribution >= 4 is 17.6 Å². The summed E-state index contributed by atoms with van der Waals surface area (Å²) in [5, 5.41) is 9.06. The molecular weight excluding hydrogens is 261 g/mol. The fourth-order valence-electron chi connectivity index (χ4n) is 1.57. The number of hydrogen-bond donors (Lipinski definition) is 1. The van der Waals surface area contributed by atoms with Crippen molar-refractivity contribution in [2.45, 2.75) is 13.3 Å². The van der Waals surface area contributed by atoms with Gasteiger partial charge in [-0.15, -0.1) is 0 Å². The van der Waals surface area contributed by atoms with E-state index in [1.165, 1.54) is 18.2 Å². The third-order valence-corrected chi connectivity index (χ3v) is 2.72. The third-order valence-electron chi connectivity index (χ3n) is 2.40. The first-order valence-electron chi connectivity index (χ1n) is 5.22. The summed E-state index contributed by atoms with van der Waals surface area (Å²) in [6, 6.07) is 4.14. The van der Waals surface area contributed by atoms with Gasteiger partial charge < -0.3 is 9.52 Å². The lowest BCUT2D eigenvalue weighted by atomic mass is 10.2. The molecule has 0 aliphatic rings. The lowest BCUT2D eigenvalue weighted by Crippen LogP contribution is -1.98. The van der Waals surface area contributed by atoms with E-state index in [0.29, 0.717) is 6.42 Å². The zero-order valence-electron chi connectivity index (χ0n) is 9.41. The predicted molar refractivity (Wildman–Crippen MR) is 63.2 cm³/mol. The van der Waals surface area contributed by atoms with Crippen LogP contribution in [0.2, 0.25) is 5.02 Å². The van der Waals surface area contributed by atoms with Gasteiger partial charge in [-0.05, 0) is 18.6 Å². The molecule has 6 heteroatoms. The fraction of sp³-hybridized carbons (Fsp3) is 0.167. The standard InChI is InChI=1S/C12H9ClFNO3/c1-2-8-10(12(16)17)18-11(15-8)9-6(13)4-3-5-7(9)14/h3-5H,2H2,1H3,(H,16,17). The summed E-state index contributed by atoms with van der Waals surface area (Å²) in [7, 11) is 0. The molecule has 0 atom stereocenters. The molecule has 0 aliphatic carbocycles. The van der Waals surface area contributed by atoms with E-state index in [-0.39, 0.29) is 27.9 Å². The van der Waals surface area contributed by atoms with Crippen LogP contribution in [0.4, 0.5) is 4.39 Å². The first kappa shape index (κ1) is 12.6. The second-order valence-corrected chi connectivity index (χ2v) is 3.96. The molecule has 0 unspecified atom stereocenters. The van der Waals surface area contributed by atoms with Crippen LogP contribution in [-0.4, -0.2) is 16.1 Å². The maximum atomic E-state index is 13.7. The number of halogens is 2. The van der Waals surface area contributed by atoms with Crippen molar-refractivity contribution in [2.24, 2.45) is 0 Å². The average Bonchev–Trinajstić information content (AvgIpc) is 2.73. The predicted octanol–water partition coefficient (Wildman–Crippen LogP) is 3.39. The molecule has 0 bridgehead atoms. The molecule has 18 heavy (non-hydrogen) atoms. The SMILES string of the molecule is CCc1nc(-c2c(F)cccc2Cl)oc1C(=O)O. The molecule has 0 amide bonds. The van der Waals surface area contributed by atoms with Crippen LogP contribution in [0.15, 0.2) is 22.6 Å². The van der Waals surface area contributed by atoms with Crippen LogP contribution < -0.4 is 0 Å². The Morgan fingerprint density at radius 1 is 1.56 bits per heavy atom. The van der Waals surface area contributed by atoms with Gasteiger partial charge in [0.1, 0.15) is 5.82 Å². The smallest absolute Gasteiger partial charge is 0.373 e. The van der Waals surface area contributed by atoms with E-state index in [1.807, 2.05) is 0 Å². The maximum Gasteiger partial charge on any atom is 0.373 e. The summed E-state index contributed by atoms with van der Waals surface area (Å²) in [6.45, 7) is 1.73. The van der Waals surface area contributed by atoms with Crippen LogP contribution in [-0.2, 0) is 6.42 Å². The number of carboxylic acids is 1. The van der Waals surface area contributed by atoms with Crippen molar-refractivity contribution in [3.8, 4) is 11.5 Å². The summed E-state index contributed by atoms with van der Waals surface area (Å²) in [6.07, 6.45) is 0.372. The Morgan fingerprint density at radius 2 is 2.28 bits per heavy atom. The number of rotatable bonds is 3. The highest BCUT2D eigenvalue weighted by atomic mass is 35.5. The molecule has 0 fully saturated rings. The molecule has 0 saturated carbocycles. The molecule has 1 aromatic heterocycles. The van der Waals surface area contributed by atoms with Crippen molar-refractivity contribution in [3.05, 3.63) is 40.5 Å². The highest BCUT2D eigenvalue weighted by molar-refractivity contribution is 6.33. The molecule has 94 valence electrons. The molecule has 2 aromatic rings. The normalized spacial score (nSPS) is 10.6. The lowest BCUT2D eigenvalue weighted by molar-refractivity contribution is 0.0661. The minimum absolute atomic E-state index is 0.0265. The van der Waals surface area contributed by atoms with Crippen LogP contribution in [0, 0.1) is 5.82 Å². The Morgan fingerprint density at radius 3 is 2.78 bits per heavy atom. The van der Waals surface area contributed by atoms with Crippen molar-refractivity contribution in [1.82, 2.24) is 4.98 Å². The highest BCUT2D eigenvalue weighted by Gasteiger charge is 2.22. The number of aryl methyl sites for hydroxylation is 1. The van der Waals surface area contributed by atoms with Crippen LogP contribution >= 0.6 is 11.6 Å². The Balaban J connectivity index is 2.62. The van der Waals surface area contributed by atoms with E-state index in [9.17, 15) is 9.18 Å². The quantitative estimate of drug-likeness (QED) is 0.927. The van der Waals surface area contributed by atoms with E-state index >= 15 is 0 Å². The minimum atomic E-state index is -1.24. The zero-order valence-corrected chi connectivity index (χ0v) is 10.2. The first-order valence-corrected chi connectivity index (χ1v) is 5.59. The van der Waals surface area contributed by atoms with Gasteiger partial charge in [0.25, 0.3) is 0 Å². The van der Waals surface area contributed by atoms with Gasteiger partial charge in [0, 0.05) is 0 Å². The van der Waals surface area contributed by atoms with Crippen molar-refractivity contribution in [3.63, 3.8) is 0 Å². The van der Waals surface area contributed by atoms with Crippen molar-refractivity contribution in [2.75, 3.05) is 0 Å². The summed E-state index contributed by atoms with van der Waals surface area (Å²) >= 11 is 5.86. The number of aromatic nitrogens is 1. The van der Waals surface area contributed by atoms with Gasteiger partial charge in [0.05, 0.1) is 16.3 Å². The van der Waals surface area contributed by atoms with Crippen molar-refractivity contribution in [1.29, 1.82) is 0 Å². The van der Waals surface area contributed by atoms with E-state index in [0.717, 1.165) is 0 Å². The number of carbonyl (C=O) groups is 1.